The Morgan fingerprint density at radius 2 is 1.81 bits per heavy atom. The third-order valence-electron chi connectivity index (χ3n) is 5.06. The van der Waals surface area contributed by atoms with Gasteiger partial charge in [0.2, 0.25) is 0 Å². The Bertz CT molecular complexity index is 996. The predicted octanol–water partition coefficient (Wildman–Crippen LogP) is 3.94. The average Bonchev–Trinajstić information content (AvgIpc) is 3.02. The molecule has 3 rings (SSSR count). The molecule has 1 saturated heterocycles. The van der Waals surface area contributed by atoms with E-state index in [1.54, 1.807) is 36.4 Å². The topological polar surface area (TPSA) is 85.3 Å². The molecule has 1 aliphatic rings. The monoisotopic (exact) mass is 439 g/mol. The quantitative estimate of drug-likeness (QED) is 0.362. The van der Waals surface area contributed by atoms with Gasteiger partial charge in [0.25, 0.3) is 11.7 Å². The van der Waals surface area contributed by atoms with E-state index in [0.717, 1.165) is 0 Å². The summed E-state index contributed by atoms with van der Waals surface area (Å²) in [6.45, 7) is 6.71. The van der Waals surface area contributed by atoms with Gasteiger partial charge in [-0.2, -0.15) is 0 Å². The van der Waals surface area contributed by atoms with Gasteiger partial charge in [0.1, 0.15) is 17.3 Å². The highest BCUT2D eigenvalue weighted by atomic mass is 16.5. The molecule has 1 heterocycles. The summed E-state index contributed by atoms with van der Waals surface area (Å²) < 4.78 is 16.4. The first kappa shape index (κ1) is 23.3. The molecule has 1 N–H and O–H groups in total. The van der Waals surface area contributed by atoms with Crippen LogP contribution in [0.25, 0.3) is 5.76 Å². The van der Waals surface area contributed by atoms with Gasteiger partial charge in [0, 0.05) is 19.2 Å². The highest BCUT2D eigenvalue weighted by molar-refractivity contribution is 6.46. The Morgan fingerprint density at radius 1 is 1.09 bits per heavy atom. The van der Waals surface area contributed by atoms with Crippen molar-refractivity contribution >= 4 is 17.4 Å². The van der Waals surface area contributed by atoms with E-state index in [4.69, 9.17) is 14.2 Å². The van der Waals surface area contributed by atoms with Crippen LogP contribution < -0.4 is 9.47 Å². The fourth-order valence-corrected chi connectivity index (χ4v) is 3.71. The minimum Gasteiger partial charge on any atom is -0.507 e. The van der Waals surface area contributed by atoms with Gasteiger partial charge in [-0.05, 0) is 62.7 Å². The number of carbonyl (C=O) groups is 2. The number of methoxy groups -OCH3 is 1. The highest BCUT2D eigenvalue weighted by Gasteiger charge is 2.46. The van der Waals surface area contributed by atoms with Gasteiger partial charge < -0.3 is 24.2 Å². The van der Waals surface area contributed by atoms with E-state index in [0.29, 0.717) is 29.2 Å². The molecule has 2 aromatic rings. The van der Waals surface area contributed by atoms with E-state index in [-0.39, 0.29) is 30.6 Å². The summed E-state index contributed by atoms with van der Waals surface area (Å²) in [5.41, 5.74) is 1.14. The number of hydrogen-bond acceptors (Lipinski definition) is 6. The second-order valence-electron chi connectivity index (χ2n) is 7.68. The van der Waals surface area contributed by atoms with Gasteiger partial charge in [-0.15, -0.1) is 0 Å². The number of Topliss-reactive ketones (excluding diaryl/α,β-unsaturated/α-hetero) is 1. The molecule has 7 heteroatoms. The number of ketones is 1. The van der Waals surface area contributed by atoms with Gasteiger partial charge >= 0.3 is 0 Å². The van der Waals surface area contributed by atoms with Crippen molar-refractivity contribution in [2.45, 2.75) is 32.9 Å². The highest BCUT2D eigenvalue weighted by Crippen LogP contribution is 2.40. The number of carbonyl (C=O) groups excluding carboxylic acids is 2. The Hall–Kier alpha value is -3.32. The molecular weight excluding hydrogens is 410 g/mol. The molecule has 1 fully saturated rings. The lowest BCUT2D eigenvalue weighted by Gasteiger charge is -2.25. The second-order valence-corrected chi connectivity index (χ2v) is 7.68. The van der Waals surface area contributed by atoms with Gasteiger partial charge in [-0.3, -0.25) is 9.59 Å². The Kier molecular flexibility index (Phi) is 7.53. The molecule has 0 saturated carbocycles. The second kappa shape index (κ2) is 10.3. The number of hydrogen-bond donors (Lipinski definition) is 1. The lowest BCUT2D eigenvalue weighted by molar-refractivity contribution is -0.140. The standard InChI is InChI=1S/C25H29NO6/c1-5-31-19-11-9-17(10-12-19)23(27)21-22(26(13-14-30-4)25(29)24(21)28)18-7-6-8-20(15-18)32-16(2)3/h6-12,15-16,22,27H,5,13-14H2,1-4H3/b23-21-. The van der Waals surface area contributed by atoms with E-state index in [1.165, 1.54) is 12.0 Å². The van der Waals surface area contributed by atoms with Gasteiger partial charge in [0.05, 0.1) is 30.9 Å². The molecule has 0 aliphatic carbocycles. The summed E-state index contributed by atoms with van der Waals surface area (Å²) in [4.78, 5) is 27.3. The molecule has 1 atom stereocenters. The summed E-state index contributed by atoms with van der Waals surface area (Å²) in [5.74, 6) is -0.357. The van der Waals surface area contributed by atoms with Gasteiger partial charge in [-0.25, -0.2) is 0 Å². The van der Waals surface area contributed by atoms with Crippen LogP contribution >= 0.6 is 0 Å². The van der Waals surface area contributed by atoms with Crippen molar-refractivity contribution in [2.24, 2.45) is 0 Å². The number of benzene rings is 2. The molecule has 1 aliphatic heterocycles. The fourth-order valence-electron chi connectivity index (χ4n) is 3.71. The summed E-state index contributed by atoms with van der Waals surface area (Å²) >= 11 is 0. The van der Waals surface area contributed by atoms with Crippen LogP contribution in [0, 0.1) is 0 Å². The van der Waals surface area contributed by atoms with E-state index in [9.17, 15) is 14.7 Å². The fraction of sp³-hybridized carbons (Fsp3) is 0.360. The first-order chi connectivity index (χ1) is 15.4. The number of ether oxygens (including phenoxy) is 3. The smallest absolute Gasteiger partial charge is 0.295 e. The van der Waals surface area contributed by atoms with Crippen molar-refractivity contribution in [2.75, 3.05) is 26.9 Å². The molecule has 32 heavy (non-hydrogen) atoms. The van der Waals surface area contributed by atoms with Crippen LogP contribution in [0.4, 0.5) is 0 Å². The maximum atomic E-state index is 13.0. The van der Waals surface area contributed by atoms with Crippen molar-refractivity contribution in [3.05, 3.63) is 65.2 Å². The molecule has 170 valence electrons. The molecule has 0 radical (unpaired) electrons. The number of nitrogens with zero attached hydrogens (tertiary/aromatic N) is 1. The van der Waals surface area contributed by atoms with Crippen LogP contribution in [0.1, 0.15) is 37.9 Å². The molecular formula is C25H29NO6. The van der Waals surface area contributed by atoms with E-state index in [1.807, 2.05) is 32.9 Å². The third kappa shape index (κ3) is 4.94. The van der Waals surface area contributed by atoms with E-state index < -0.39 is 17.7 Å². The molecule has 0 bridgehead atoms. The zero-order valence-corrected chi connectivity index (χ0v) is 18.8. The summed E-state index contributed by atoms with van der Waals surface area (Å²) in [7, 11) is 1.53. The number of amides is 1. The number of rotatable bonds is 9. The lowest BCUT2D eigenvalue weighted by atomic mass is 9.95. The summed E-state index contributed by atoms with van der Waals surface area (Å²) in [6.07, 6.45) is -0.0334. The minimum absolute atomic E-state index is 0.0334. The average molecular weight is 440 g/mol. The van der Waals surface area contributed by atoms with Gasteiger partial charge in [-0.1, -0.05) is 12.1 Å². The normalized spacial score (nSPS) is 17.8. The summed E-state index contributed by atoms with van der Waals surface area (Å²) in [6, 6.07) is 13.2. The van der Waals surface area contributed by atoms with Gasteiger partial charge in [0.15, 0.2) is 0 Å². The SMILES string of the molecule is CCOc1ccc(/C(O)=C2/C(=O)C(=O)N(CCOC)C2c2cccc(OC(C)C)c2)cc1. The maximum Gasteiger partial charge on any atom is 0.295 e. The third-order valence-corrected chi connectivity index (χ3v) is 5.06. The molecule has 1 unspecified atom stereocenters. The van der Waals surface area contributed by atoms with Crippen LogP contribution in [-0.2, 0) is 14.3 Å². The van der Waals surface area contributed by atoms with Crippen molar-refractivity contribution < 1.29 is 28.9 Å². The first-order valence-corrected chi connectivity index (χ1v) is 10.6. The largest absolute Gasteiger partial charge is 0.507 e. The Balaban J connectivity index is 2.10. The summed E-state index contributed by atoms with van der Waals surface area (Å²) in [5, 5.41) is 11.1. The predicted molar refractivity (Wildman–Crippen MR) is 121 cm³/mol. The number of aliphatic hydroxyl groups is 1. The van der Waals surface area contributed by atoms with E-state index >= 15 is 0 Å². The molecule has 1 amide bonds. The van der Waals surface area contributed by atoms with E-state index in [2.05, 4.69) is 0 Å². The van der Waals surface area contributed by atoms with Crippen LogP contribution in [0.2, 0.25) is 0 Å². The first-order valence-electron chi connectivity index (χ1n) is 10.6. The van der Waals surface area contributed by atoms with Crippen molar-refractivity contribution in [3.8, 4) is 11.5 Å². The maximum absolute atomic E-state index is 13.0. The minimum atomic E-state index is -0.757. The molecule has 0 aromatic heterocycles. The van der Waals surface area contributed by atoms with Crippen molar-refractivity contribution in [1.82, 2.24) is 4.90 Å². The molecule has 0 spiro atoms. The zero-order valence-electron chi connectivity index (χ0n) is 18.8. The lowest BCUT2D eigenvalue weighted by Crippen LogP contribution is -2.32. The zero-order chi connectivity index (χ0) is 23.3. The Morgan fingerprint density at radius 3 is 2.44 bits per heavy atom. The van der Waals surface area contributed by atoms with Crippen LogP contribution in [0.15, 0.2) is 54.1 Å². The number of aliphatic hydroxyl groups excluding tert-OH is 1. The van der Waals surface area contributed by atoms with Crippen molar-refractivity contribution in [3.63, 3.8) is 0 Å². The van der Waals surface area contributed by atoms with Crippen LogP contribution in [0.3, 0.4) is 0 Å². The number of likely N-dealkylation sites (tertiary alicyclic amines) is 1. The molecule has 2 aromatic carbocycles. The van der Waals surface area contributed by atoms with Crippen LogP contribution in [0.5, 0.6) is 11.5 Å². The molecule has 7 nitrogen and oxygen atoms in total. The van der Waals surface area contributed by atoms with Crippen molar-refractivity contribution in [1.29, 1.82) is 0 Å². The Labute approximate surface area is 188 Å². The van der Waals surface area contributed by atoms with Crippen LogP contribution in [-0.4, -0.2) is 54.7 Å².